The van der Waals surface area contributed by atoms with E-state index in [1.54, 1.807) is 37.3 Å². The number of aryl methyl sites for hydroxylation is 1. The van der Waals surface area contributed by atoms with Gasteiger partial charge in [0.1, 0.15) is 16.4 Å². The monoisotopic (exact) mass is 494 g/mol. The van der Waals surface area contributed by atoms with Crippen LogP contribution in [0.1, 0.15) is 38.1 Å². The number of benzene rings is 2. The molecule has 0 aliphatic rings. The lowest BCUT2D eigenvalue weighted by atomic mass is 10.1. The Morgan fingerprint density at radius 3 is 2.63 bits per heavy atom. The van der Waals surface area contributed by atoms with Gasteiger partial charge in [0.05, 0.1) is 25.0 Å². The second kappa shape index (κ2) is 10.1. The van der Waals surface area contributed by atoms with Gasteiger partial charge in [0.2, 0.25) is 5.55 Å². The van der Waals surface area contributed by atoms with Crippen molar-refractivity contribution in [2.75, 3.05) is 19.0 Å². The Morgan fingerprint density at radius 2 is 1.91 bits per heavy atom. The van der Waals surface area contributed by atoms with E-state index in [-0.39, 0.29) is 23.4 Å². The Bertz CT molecular complexity index is 1510. The first-order chi connectivity index (χ1) is 16.8. The van der Waals surface area contributed by atoms with Gasteiger partial charge in [-0.05, 0) is 50.6 Å². The molecule has 0 aliphatic carbocycles. The molecule has 4 rings (SSSR count). The van der Waals surface area contributed by atoms with Crippen LogP contribution >= 0.6 is 11.3 Å². The van der Waals surface area contributed by atoms with Gasteiger partial charge in [0, 0.05) is 10.3 Å². The molecule has 0 spiro atoms. The number of fused-ring (bicyclic) bond motifs is 1. The second-order valence-corrected chi connectivity index (χ2v) is 8.78. The highest BCUT2D eigenvalue weighted by atomic mass is 32.1. The Labute approximate surface area is 204 Å². The number of hydrogen-bond donors (Lipinski definition) is 1. The predicted molar refractivity (Wildman–Crippen MR) is 132 cm³/mol. The van der Waals surface area contributed by atoms with Crippen molar-refractivity contribution in [2.45, 2.75) is 20.8 Å². The van der Waals surface area contributed by atoms with E-state index in [2.05, 4.69) is 10.3 Å². The minimum absolute atomic E-state index is 0.0178. The lowest BCUT2D eigenvalue weighted by Gasteiger charge is -2.09. The number of carbonyl (C=O) groups is 2. The molecule has 7 nitrogen and oxygen atoms in total. The maximum absolute atomic E-state index is 14.2. The third-order valence-corrected chi connectivity index (χ3v) is 6.48. The first kappa shape index (κ1) is 24.2. The van der Waals surface area contributed by atoms with Gasteiger partial charge in [-0.3, -0.25) is 4.79 Å². The van der Waals surface area contributed by atoms with Gasteiger partial charge in [-0.2, -0.15) is 0 Å². The molecule has 0 aliphatic heterocycles. The molecule has 4 aromatic rings. The van der Waals surface area contributed by atoms with Crippen LogP contribution in [0.4, 0.5) is 15.1 Å². The van der Waals surface area contributed by atoms with E-state index < -0.39 is 17.7 Å². The summed E-state index contributed by atoms with van der Waals surface area (Å²) in [4.78, 5) is 31.4. The number of para-hydroxylation sites is 2. The van der Waals surface area contributed by atoms with Gasteiger partial charge in [0.25, 0.3) is 5.91 Å². The molecule has 2 aromatic carbocycles. The minimum Gasteiger partial charge on any atom is -0.493 e. The Kier molecular flexibility index (Phi) is 6.97. The summed E-state index contributed by atoms with van der Waals surface area (Å²) >= 11 is 1.28. The highest BCUT2D eigenvalue weighted by Crippen LogP contribution is 2.35. The summed E-state index contributed by atoms with van der Waals surface area (Å²) in [7, 11) is 1.50. The van der Waals surface area contributed by atoms with Crippen LogP contribution in [0, 0.1) is 19.7 Å². The largest absolute Gasteiger partial charge is 0.493 e. The van der Waals surface area contributed by atoms with Crippen molar-refractivity contribution >= 4 is 44.9 Å². The minimum atomic E-state index is -0.620. The van der Waals surface area contributed by atoms with E-state index >= 15 is 0 Å². The highest BCUT2D eigenvalue weighted by molar-refractivity contribution is 7.16. The zero-order valence-corrected chi connectivity index (χ0v) is 20.4. The number of rotatable bonds is 6. The number of amides is 1. The fourth-order valence-electron chi connectivity index (χ4n) is 3.51. The molecule has 0 unspecified atom stereocenters. The van der Waals surface area contributed by atoms with Crippen molar-refractivity contribution in [3.8, 4) is 5.75 Å². The van der Waals surface area contributed by atoms with Crippen LogP contribution in [0.2, 0.25) is 0 Å². The number of nitrogens with zero attached hydrogens (tertiary/aromatic N) is 1. The van der Waals surface area contributed by atoms with E-state index in [0.717, 1.165) is 10.4 Å². The van der Waals surface area contributed by atoms with E-state index in [1.165, 1.54) is 36.6 Å². The molecule has 2 heterocycles. The standard InChI is InChI=1S/C26H23FN2O5S/c1-5-33-26(31)21-14(2)15(3)35-25(21)29-24-17(23(30)28-19-11-7-6-10-18(19)27)13-16-9-8-12-20(32-4)22(16)34-24/h6-13H,5H2,1-4H3,(H,28,30)/b29-24-. The van der Waals surface area contributed by atoms with Crippen molar-refractivity contribution in [1.82, 2.24) is 0 Å². The molecular formula is C26H23FN2O5S. The average Bonchev–Trinajstić information content (AvgIpc) is 3.12. The summed E-state index contributed by atoms with van der Waals surface area (Å²) in [5, 5.41) is 3.50. The molecule has 0 fully saturated rings. The summed E-state index contributed by atoms with van der Waals surface area (Å²) in [6.45, 7) is 5.61. The molecular weight excluding hydrogens is 471 g/mol. The van der Waals surface area contributed by atoms with Gasteiger partial charge in [0.15, 0.2) is 11.3 Å². The number of thiophene rings is 1. The smallest absolute Gasteiger partial charge is 0.341 e. The Hall–Kier alpha value is -3.98. The lowest BCUT2D eigenvalue weighted by molar-refractivity contribution is 0.0527. The van der Waals surface area contributed by atoms with Crippen LogP contribution in [0.5, 0.6) is 5.75 Å². The summed E-state index contributed by atoms with van der Waals surface area (Å²) in [5.41, 5.74) is 1.45. The maximum atomic E-state index is 14.2. The summed E-state index contributed by atoms with van der Waals surface area (Å²) in [6, 6.07) is 12.7. The molecule has 0 atom stereocenters. The molecule has 0 saturated carbocycles. The normalized spacial score (nSPS) is 11.5. The first-order valence-electron chi connectivity index (χ1n) is 10.8. The quantitative estimate of drug-likeness (QED) is 0.336. The SMILES string of the molecule is CCOC(=O)c1c(/N=c2\oc3c(OC)cccc3cc2C(=O)Nc2ccccc2F)sc(C)c1C. The topological polar surface area (TPSA) is 90.1 Å². The summed E-state index contributed by atoms with van der Waals surface area (Å²) in [6.07, 6.45) is 0. The predicted octanol–water partition coefficient (Wildman–Crippen LogP) is 5.92. The fourth-order valence-corrected chi connectivity index (χ4v) is 4.52. The number of hydrogen-bond acceptors (Lipinski definition) is 7. The first-order valence-corrected chi connectivity index (χ1v) is 11.6. The molecule has 9 heteroatoms. The van der Waals surface area contributed by atoms with Crippen LogP contribution in [-0.4, -0.2) is 25.6 Å². The molecule has 1 amide bonds. The molecule has 35 heavy (non-hydrogen) atoms. The van der Waals surface area contributed by atoms with Crippen molar-refractivity contribution in [1.29, 1.82) is 0 Å². The molecule has 0 saturated heterocycles. The van der Waals surface area contributed by atoms with Crippen molar-refractivity contribution in [3.63, 3.8) is 0 Å². The number of nitrogens with one attached hydrogen (secondary N) is 1. The average molecular weight is 495 g/mol. The van der Waals surface area contributed by atoms with Crippen LogP contribution in [-0.2, 0) is 4.74 Å². The van der Waals surface area contributed by atoms with Crippen LogP contribution in [0.25, 0.3) is 11.0 Å². The molecule has 1 N–H and O–H groups in total. The molecule has 180 valence electrons. The number of methoxy groups -OCH3 is 1. The van der Waals surface area contributed by atoms with Crippen molar-refractivity contribution in [3.05, 3.63) is 81.5 Å². The van der Waals surface area contributed by atoms with Gasteiger partial charge >= 0.3 is 5.97 Å². The zero-order valence-electron chi connectivity index (χ0n) is 19.6. The van der Waals surface area contributed by atoms with Crippen LogP contribution < -0.4 is 15.6 Å². The third-order valence-electron chi connectivity index (χ3n) is 5.37. The third kappa shape index (κ3) is 4.81. The fraction of sp³-hybridized carbons (Fsp3) is 0.192. The van der Waals surface area contributed by atoms with Crippen molar-refractivity contribution < 1.29 is 27.9 Å². The number of esters is 1. The molecule has 0 radical (unpaired) electrons. The van der Waals surface area contributed by atoms with Crippen LogP contribution in [0.3, 0.4) is 0 Å². The van der Waals surface area contributed by atoms with Crippen molar-refractivity contribution in [2.24, 2.45) is 4.99 Å². The number of carbonyl (C=O) groups excluding carboxylic acids is 2. The Morgan fingerprint density at radius 1 is 1.14 bits per heavy atom. The molecule has 2 aromatic heterocycles. The van der Waals surface area contributed by atoms with E-state index in [1.807, 2.05) is 13.8 Å². The Balaban J connectivity index is 1.95. The van der Waals surface area contributed by atoms with Gasteiger partial charge < -0.3 is 19.2 Å². The highest BCUT2D eigenvalue weighted by Gasteiger charge is 2.22. The summed E-state index contributed by atoms with van der Waals surface area (Å²) < 4.78 is 30.9. The lowest BCUT2D eigenvalue weighted by Crippen LogP contribution is -2.22. The van der Waals surface area contributed by atoms with E-state index in [4.69, 9.17) is 13.9 Å². The maximum Gasteiger partial charge on any atom is 0.341 e. The van der Waals surface area contributed by atoms with E-state index in [0.29, 0.717) is 27.3 Å². The summed E-state index contributed by atoms with van der Waals surface area (Å²) in [5.74, 6) is -1.26. The zero-order chi connectivity index (χ0) is 25.1. The second-order valence-electron chi connectivity index (χ2n) is 7.57. The number of anilines is 1. The van der Waals surface area contributed by atoms with Gasteiger partial charge in [-0.25, -0.2) is 14.2 Å². The number of ether oxygens (including phenoxy) is 2. The number of halogens is 1. The van der Waals surface area contributed by atoms with Gasteiger partial charge in [-0.1, -0.05) is 24.3 Å². The van der Waals surface area contributed by atoms with Gasteiger partial charge in [-0.15, -0.1) is 11.3 Å². The molecule has 0 bridgehead atoms. The van der Waals surface area contributed by atoms with E-state index in [9.17, 15) is 14.0 Å². The van der Waals surface area contributed by atoms with Crippen LogP contribution in [0.15, 0.2) is 57.9 Å².